The van der Waals surface area contributed by atoms with Crippen molar-refractivity contribution >= 4 is 11.6 Å². The summed E-state index contributed by atoms with van der Waals surface area (Å²) in [5.74, 6) is 1.01. The Morgan fingerprint density at radius 2 is 2.00 bits per heavy atom. The van der Waals surface area contributed by atoms with Crippen LogP contribution in [0.25, 0.3) is 0 Å². The summed E-state index contributed by atoms with van der Waals surface area (Å²) >= 11 is 0. The molecular formula is C15H20N4O. The molecule has 0 fully saturated rings. The van der Waals surface area contributed by atoms with Crippen LogP contribution in [0.1, 0.15) is 23.1 Å². The van der Waals surface area contributed by atoms with Gasteiger partial charge in [-0.2, -0.15) is 0 Å². The Labute approximate surface area is 119 Å². The van der Waals surface area contributed by atoms with Crippen molar-refractivity contribution in [3.05, 3.63) is 48.0 Å². The van der Waals surface area contributed by atoms with E-state index in [9.17, 15) is 4.79 Å². The highest BCUT2D eigenvalue weighted by atomic mass is 16.2. The molecule has 20 heavy (non-hydrogen) atoms. The average molecular weight is 272 g/mol. The number of anilines is 1. The molecule has 1 aromatic heterocycles. The molecule has 2 aromatic rings. The number of carbonyl (C=O) groups is 1. The molecular weight excluding hydrogens is 252 g/mol. The van der Waals surface area contributed by atoms with Gasteiger partial charge in [-0.05, 0) is 31.2 Å². The fourth-order valence-electron chi connectivity index (χ4n) is 1.97. The third-order valence-corrected chi connectivity index (χ3v) is 3.13. The molecule has 0 aliphatic rings. The molecule has 0 aliphatic carbocycles. The molecule has 1 N–H and O–H groups in total. The first-order valence-corrected chi connectivity index (χ1v) is 6.67. The van der Waals surface area contributed by atoms with E-state index in [1.165, 1.54) is 0 Å². The van der Waals surface area contributed by atoms with E-state index in [1.807, 2.05) is 30.5 Å². The highest BCUT2D eigenvalue weighted by Gasteiger charge is 2.07. The number of amides is 1. The van der Waals surface area contributed by atoms with E-state index in [1.54, 1.807) is 25.2 Å². The van der Waals surface area contributed by atoms with E-state index < -0.39 is 0 Å². The Bertz CT molecular complexity index is 572. The van der Waals surface area contributed by atoms with Gasteiger partial charge in [-0.15, -0.1) is 0 Å². The predicted octanol–water partition coefficient (Wildman–Crippen LogP) is 2.22. The van der Waals surface area contributed by atoms with Gasteiger partial charge in [-0.25, -0.2) is 4.98 Å². The van der Waals surface area contributed by atoms with E-state index in [0.717, 1.165) is 18.1 Å². The topological polar surface area (TPSA) is 50.2 Å². The minimum Gasteiger partial charge on any atom is -0.378 e. The lowest BCUT2D eigenvalue weighted by Gasteiger charge is -2.11. The highest BCUT2D eigenvalue weighted by molar-refractivity contribution is 5.94. The maximum absolute atomic E-state index is 11.8. The Morgan fingerprint density at radius 1 is 1.30 bits per heavy atom. The molecule has 5 nitrogen and oxygen atoms in total. The SMILES string of the molecule is CCn1ccnc1CNc1ccc(C(=O)N(C)C)cc1. The van der Waals surface area contributed by atoms with Crippen LogP contribution in [0.4, 0.5) is 5.69 Å². The van der Waals surface area contributed by atoms with E-state index >= 15 is 0 Å². The monoisotopic (exact) mass is 272 g/mol. The zero-order valence-electron chi connectivity index (χ0n) is 12.1. The molecule has 0 atom stereocenters. The average Bonchev–Trinajstić information content (AvgIpc) is 2.92. The van der Waals surface area contributed by atoms with Crippen LogP contribution in [0.2, 0.25) is 0 Å². The zero-order valence-corrected chi connectivity index (χ0v) is 12.1. The lowest BCUT2D eigenvalue weighted by atomic mass is 10.2. The van der Waals surface area contributed by atoms with E-state index in [4.69, 9.17) is 0 Å². The number of nitrogens with one attached hydrogen (secondary N) is 1. The Hall–Kier alpha value is -2.30. The number of hydrogen-bond acceptors (Lipinski definition) is 3. The fourth-order valence-corrected chi connectivity index (χ4v) is 1.97. The van der Waals surface area contributed by atoms with Crippen LogP contribution in [0.5, 0.6) is 0 Å². The molecule has 2 rings (SSSR count). The van der Waals surface area contributed by atoms with Gasteiger partial charge in [0.25, 0.3) is 5.91 Å². The van der Waals surface area contributed by atoms with Gasteiger partial charge in [-0.1, -0.05) is 0 Å². The smallest absolute Gasteiger partial charge is 0.253 e. The summed E-state index contributed by atoms with van der Waals surface area (Å²) in [5.41, 5.74) is 1.67. The normalized spacial score (nSPS) is 10.3. The highest BCUT2D eigenvalue weighted by Crippen LogP contribution is 2.12. The third kappa shape index (κ3) is 3.17. The number of hydrogen-bond donors (Lipinski definition) is 1. The van der Waals surface area contributed by atoms with Gasteiger partial charge in [0.15, 0.2) is 0 Å². The molecule has 0 unspecified atom stereocenters. The summed E-state index contributed by atoms with van der Waals surface area (Å²) in [6.07, 6.45) is 3.77. The second kappa shape index (κ2) is 6.23. The van der Waals surface area contributed by atoms with Crippen molar-refractivity contribution in [3.63, 3.8) is 0 Å². The van der Waals surface area contributed by atoms with Gasteiger partial charge in [-0.3, -0.25) is 4.79 Å². The summed E-state index contributed by atoms with van der Waals surface area (Å²) in [6.45, 7) is 3.67. The number of aryl methyl sites for hydroxylation is 1. The number of imidazole rings is 1. The molecule has 0 spiro atoms. The maximum atomic E-state index is 11.8. The third-order valence-electron chi connectivity index (χ3n) is 3.13. The van der Waals surface area contributed by atoms with Gasteiger partial charge >= 0.3 is 0 Å². The minimum atomic E-state index is 0.0121. The molecule has 5 heteroatoms. The van der Waals surface area contributed by atoms with Crippen molar-refractivity contribution in [1.29, 1.82) is 0 Å². The van der Waals surface area contributed by atoms with Gasteiger partial charge in [0.05, 0.1) is 6.54 Å². The molecule has 0 bridgehead atoms. The number of benzene rings is 1. The van der Waals surface area contributed by atoms with Crippen LogP contribution < -0.4 is 5.32 Å². The van der Waals surface area contributed by atoms with Crippen LogP contribution in [0, 0.1) is 0 Å². The first-order chi connectivity index (χ1) is 9.61. The maximum Gasteiger partial charge on any atom is 0.253 e. The first kappa shape index (κ1) is 14.1. The zero-order chi connectivity index (χ0) is 14.5. The van der Waals surface area contributed by atoms with Gasteiger partial charge in [0, 0.05) is 44.3 Å². The van der Waals surface area contributed by atoms with Crippen molar-refractivity contribution in [1.82, 2.24) is 14.5 Å². The second-order valence-corrected chi connectivity index (χ2v) is 4.76. The Balaban J connectivity index is 1.99. The Kier molecular flexibility index (Phi) is 4.40. The van der Waals surface area contributed by atoms with Crippen LogP contribution in [-0.2, 0) is 13.1 Å². The van der Waals surface area contributed by atoms with Crippen LogP contribution in [-0.4, -0.2) is 34.5 Å². The molecule has 0 saturated heterocycles. The quantitative estimate of drug-likeness (QED) is 0.908. The summed E-state index contributed by atoms with van der Waals surface area (Å²) in [5, 5.41) is 3.31. The standard InChI is InChI=1S/C15H20N4O/c1-4-19-10-9-16-14(19)11-17-13-7-5-12(6-8-13)15(20)18(2)3/h5-10,17H,4,11H2,1-3H3. The van der Waals surface area contributed by atoms with Crippen LogP contribution in [0.15, 0.2) is 36.7 Å². The van der Waals surface area contributed by atoms with Gasteiger partial charge < -0.3 is 14.8 Å². The van der Waals surface area contributed by atoms with E-state index in [2.05, 4.69) is 21.8 Å². The number of aromatic nitrogens is 2. The lowest BCUT2D eigenvalue weighted by molar-refractivity contribution is 0.0827. The summed E-state index contributed by atoms with van der Waals surface area (Å²) in [4.78, 5) is 17.7. The predicted molar refractivity (Wildman–Crippen MR) is 79.7 cm³/mol. The van der Waals surface area contributed by atoms with Gasteiger partial charge in [0.2, 0.25) is 0 Å². The summed E-state index contributed by atoms with van der Waals surface area (Å²) in [6, 6.07) is 7.49. The molecule has 0 saturated carbocycles. The number of nitrogens with zero attached hydrogens (tertiary/aromatic N) is 3. The van der Waals surface area contributed by atoms with Crippen molar-refractivity contribution in [2.24, 2.45) is 0 Å². The number of carbonyl (C=O) groups excluding carboxylic acids is 1. The lowest BCUT2D eigenvalue weighted by Crippen LogP contribution is -2.21. The minimum absolute atomic E-state index is 0.0121. The first-order valence-electron chi connectivity index (χ1n) is 6.67. The molecule has 1 heterocycles. The van der Waals surface area contributed by atoms with E-state index in [-0.39, 0.29) is 5.91 Å². The number of rotatable bonds is 5. The van der Waals surface area contributed by atoms with Crippen LogP contribution in [0.3, 0.4) is 0 Å². The Morgan fingerprint density at radius 3 is 2.60 bits per heavy atom. The molecule has 106 valence electrons. The van der Waals surface area contributed by atoms with E-state index in [0.29, 0.717) is 12.1 Å². The summed E-state index contributed by atoms with van der Waals surface area (Å²) < 4.78 is 2.09. The second-order valence-electron chi connectivity index (χ2n) is 4.76. The van der Waals surface area contributed by atoms with Gasteiger partial charge in [0.1, 0.15) is 5.82 Å². The summed E-state index contributed by atoms with van der Waals surface area (Å²) in [7, 11) is 3.50. The molecule has 1 amide bonds. The van der Waals surface area contributed by atoms with Crippen molar-refractivity contribution in [2.75, 3.05) is 19.4 Å². The molecule has 0 aliphatic heterocycles. The molecule has 1 aromatic carbocycles. The largest absolute Gasteiger partial charge is 0.378 e. The van der Waals surface area contributed by atoms with Crippen molar-refractivity contribution < 1.29 is 4.79 Å². The van der Waals surface area contributed by atoms with Crippen molar-refractivity contribution in [2.45, 2.75) is 20.0 Å². The van der Waals surface area contributed by atoms with Crippen molar-refractivity contribution in [3.8, 4) is 0 Å². The van der Waals surface area contributed by atoms with Crippen LogP contribution >= 0.6 is 0 Å². The molecule has 0 radical (unpaired) electrons. The fraction of sp³-hybridized carbons (Fsp3) is 0.333.